The second-order valence-corrected chi connectivity index (χ2v) is 14.8. The minimum Gasteiger partial charge on any atom is -0.478 e. The fraction of sp³-hybridized carbons (Fsp3) is 0.622. The summed E-state index contributed by atoms with van der Waals surface area (Å²) in [5.41, 5.74) is 3.04. The summed E-state index contributed by atoms with van der Waals surface area (Å²) in [6, 6.07) is 7.46. The molecule has 1 aromatic carbocycles. The first kappa shape index (κ1) is 42.1. The lowest BCUT2D eigenvalue weighted by molar-refractivity contribution is 0.00561. The van der Waals surface area contributed by atoms with Crippen LogP contribution in [0.25, 0.3) is 0 Å². The molecule has 1 aromatic rings. The predicted molar refractivity (Wildman–Crippen MR) is 192 cm³/mol. The number of allylic oxidation sites excluding steroid dienone is 5. The number of hydrogen-bond acceptors (Lipinski definition) is 4. The van der Waals surface area contributed by atoms with E-state index >= 15 is 0 Å². The highest BCUT2D eigenvalue weighted by molar-refractivity contribution is 6.34. The van der Waals surface area contributed by atoms with Gasteiger partial charge < -0.3 is 10.2 Å². The topological polar surface area (TPSA) is 73.1 Å². The molecule has 0 aliphatic heterocycles. The average Bonchev–Trinajstić information content (AvgIpc) is 2.94. The molecule has 1 atom stereocenters. The van der Waals surface area contributed by atoms with Gasteiger partial charge in [0.2, 0.25) is 0 Å². The third-order valence-corrected chi connectivity index (χ3v) is 8.66. The Hall–Kier alpha value is -1.92. The maximum atomic E-state index is 11.5. The number of hydrogen-bond donors (Lipinski definition) is 2. The van der Waals surface area contributed by atoms with Crippen LogP contribution >= 0.6 is 23.2 Å². The molecule has 1 aliphatic carbocycles. The summed E-state index contributed by atoms with van der Waals surface area (Å²) in [6.07, 6.45) is 9.56. The Kier molecular flexibility index (Phi) is 18.1. The summed E-state index contributed by atoms with van der Waals surface area (Å²) in [5, 5.41) is 17.6. The number of rotatable bonds is 10. The van der Waals surface area contributed by atoms with Gasteiger partial charge in [-0.3, -0.25) is 9.89 Å². The number of benzene rings is 1. The second kappa shape index (κ2) is 18.9. The summed E-state index contributed by atoms with van der Waals surface area (Å²) in [6.45, 7) is 25.9. The Bertz CT molecular complexity index is 1130. The molecule has 1 aliphatic rings. The molecule has 250 valence electrons. The molecule has 0 radical (unpaired) electrons. The Morgan fingerprint density at radius 1 is 1.05 bits per heavy atom. The molecule has 1 fully saturated rings. The standard InChI is InChI=1S/C34H50Cl2N2O2.C2H6.CH4O/c1-23(21-29(36)22-24(2)35)25(3)37-34(19-15-28(16-20-34)33(7,8)9)38(10)30(17-18-32(4,5)6)26-11-13-27(14-12-26)31(39)40;2*1-2/h11-14,21-22,28,30H,1,15-20H2,2-10H3,(H,39,40);1-2H3;2H,1H3/b24-22+,29-21+,37-25+;;. The van der Waals surface area contributed by atoms with Gasteiger partial charge in [0.25, 0.3) is 0 Å². The fourth-order valence-corrected chi connectivity index (χ4v) is 6.14. The molecule has 7 heteroatoms. The lowest BCUT2D eigenvalue weighted by Gasteiger charge is -2.49. The van der Waals surface area contributed by atoms with Crippen molar-refractivity contribution in [1.29, 1.82) is 0 Å². The summed E-state index contributed by atoms with van der Waals surface area (Å²) < 4.78 is 0. The van der Waals surface area contributed by atoms with Crippen molar-refractivity contribution < 1.29 is 15.0 Å². The Morgan fingerprint density at radius 2 is 1.55 bits per heavy atom. The van der Waals surface area contributed by atoms with Gasteiger partial charge >= 0.3 is 5.97 Å². The Balaban J connectivity index is 0.00000443. The third kappa shape index (κ3) is 13.6. The number of aliphatic hydroxyl groups is 1. The van der Waals surface area contributed by atoms with Gasteiger partial charge in [0.05, 0.1) is 5.56 Å². The van der Waals surface area contributed by atoms with Gasteiger partial charge in [-0.05, 0) is 112 Å². The number of carboxylic acids is 1. The monoisotopic (exact) mass is 650 g/mol. The SMILES string of the molecule is C=C(/C=C(Cl)\C=C(/C)Cl)/C(C)=N/C1(N(C)C(CCC(C)(C)C)c2ccc(C(=O)O)cc2)CCC(C(C)(C)C)CC1.CC.CO. The highest BCUT2D eigenvalue weighted by Gasteiger charge is 2.44. The first-order valence-corrected chi connectivity index (χ1v) is 16.6. The number of carboxylic acid groups (broad SMARTS) is 1. The van der Waals surface area contributed by atoms with Gasteiger partial charge in [0.1, 0.15) is 5.66 Å². The minimum atomic E-state index is -0.909. The molecule has 1 unspecified atom stereocenters. The molecule has 0 spiro atoms. The van der Waals surface area contributed by atoms with E-state index in [2.05, 4.69) is 60.1 Å². The van der Waals surface area contributed by atoms with Crippen LogP contribution in [0.3, 0.4) is 0 Å². The van der Waals surface area contributed by atoms with Crippen LogP contribution in [0.15, 0.2) is 63.6 Å². The van der Waals surface area contributed by atoms with E-state index in [0.717, 1.165) is 62.5 Å². The Morgan fingerprint density at radius 3 is 1.95 bits per heavy atom. The van der Waals surface area contributed by atoms with E-state index in [-0.39, 0.29) is 16.9 Å². The first-order valence-electron chi connectivity index (χ1n) is 15.8. The van der Waals surface area contributed by atoms with Crippen molar-refractivity contribution in [3.05, 3.63) is 69.8 Å². The summed E-state index contributed by atoms with van der Waals surface area (Å²) >= 11 is 12.4. The van der Waals surface area contributed by atoms with Crippen LogP contribution in [0.2, 0.25) is 0 Å². The van der Waals surface area contributed by atoms with Crippen LogP contribution in [0, 0.1) is 16.7 Å². The van der Waals surface area contributed by atoms with Crippen LogP contribution < -0.4 is 0 Å². The number of halogens is 2. The molecule has 0 heterocycles. The molecule has 0 saturated heterocycles. The predicted octanol–water partition coefficient (Wildman–Crippen LogP) is 11.0. The molecule has 0 aromatic heterocycles. The largest absolute Gasteiger partial charge is 0.478 e. The highest BCUT2D eigenvalue weighted by atomic mass is 35.5. The molecule has 1 saturated carbocycles. The maximum absolute atomic E-state index is 11.5. The number of aliphatic imine (C=N–C) groups is 1. The average molecular weight is 652 g/mol. The zero-order valence-electron chi connectivity index (χ0n) is 29.5. The van der Waals surface area contributed by atoms with Crippen molar-refractivity contribution in [2.75, 3.05) is 14.2 Å². The summed E-state index contributed by atoms with van der Waals surface area (Å²) in [4.78, 5) is 19.4. The lowest BCUT2D eigenvalue weighted by atomic mass is 9.69. The number of aliphatic hydroxyl groups excluding tert-OH is 1. The van der Waals surface area contributed by atoms with Crippen molar-refractivity contribution in [1.82, 2.24) is 4.90 Å². The normalized spacial score (nSPS) is 20.6. The molecule has 2 rings (SSSR count). The van der Waals surface area contributed by atoms with Crippen LogP contribution in [0.5, 0.6) is 0 Å². The zero-order valence-corrected chi connectivity index (χ0v) is 31.0. The van der Waals surface area contributed by atoms with E-state index in [0.29, 0.717) is 21.5 Å². The first-order chi connectivity index (χ1) is 20.3. The molecule has 2 N–H and O–H groups in total. The molecular weight excluding hydrogens is 591 g/mol. The summed E-state index contributed by atoms with van der Waals surface area (Å²) in [5.74, 6) is -0.283. The third-order valence-electron chi connectivity index (χ3n) is 8.33. The van der Waals surface area contributed by atoms with Gasteiger partial charge in [-0.15, -0.1) is 0 Å². The fourth-order valence-electron chi connectivity index (χ4n) is 5.67. The highest BCUT2D eigenvalue weighted by Crippen LogP contribution is 2.47. The summed E-state index contributed by atoms with van der Waals surface area (Å²) in [7, 11) is 3.19. The van der Waals surface area contributed by atoms with E-state index in [1.54, 1.807) is 25.1 Å². The van der Waals surface area contributed by atoms with Gasteiger partial charge in [-0.2, -0.15) is 0 Å². The second-order valence-electron chi connectivity index (χ2n) is 13.8. The van der Waals surface area contributed by atoms with E-state index in [1.807, 2.05) is 39.0 Å². The zero-order chi connectivity index (χ0) is 34.5. The minimum absolute atomic E-state index is 0.0824. The van der Waals surface area contributed by atoms with Crippen molar-refractivity contribution in [3.8, 4) is 0 Å². The van der Waals surface area contributed by atoms with E-state index in [1.165, 1.54) is 0 Å². The van der Waals surface area contributed by atoms with Crippen molar-refractivity contribution in [2.45, 2.75) is 119 Å². The molecule has 0 amide bonds. The van der Waals surface area contributed by atoms with E-state index in [4.69, 9.17) is 33.3 Å². The maximum Gasteiger partial charge on any atom is 0.335 e. The van der Waals surface area contributed by atoms with Gasteiger partial charge in [0.15, 0.2) is 0 Å². The molecule has 0 bridgehead atoms. The van der Waals surface area contributed by atoms with Crippen LogP contribution in [-0.4, -0.2) is 46.6 Å². The van der Waals surface area contributed by atoms with Crippen molar-refractivity contribution in [3.63, 3.8) is 0 Å². The number of nitrogens with zero attached hydrogens (tertiary/aromatic N) is 2. The number of carbonyl (C=O) groups is 1. The van der Waals surface area contributed by atoms with Crippen LogP contribution in [0.4, 0.5) is 0 Å². The number of aromatic carboxylic acids is 1. The van der Waals surface area contributed by atoms with E-state index in [9.17, 15) is 9.90 Å². The van der Waals surface area contributed by atoms with Crippen LogP contribution in [-0.2, 0) is 0 Å². The smallest absolute Gasteiger partial charge is 0.335 e. The molecule has 44 heavy (non-hydrogen) atoms. The van der Waals surface area contributed by atoms with Gasteiger partial charge in [-0.1, -0.05) is 97.3 Å². The van der Waals surface area contributed by atoms with Gasteiger partial charge in [-0.25, -0.2) is 4.79 Å². The van der Waals surface area contributed by atoms with Crippen LogP contribution in [0.1, 0.15) is 130 Å². The molecule has 5 nitrogen and oxygen atoms in total. The van der Waals surface area contributed by atoms with Crippen molar-refractivity contribution in [2.24, 2.45) is 21.7 Å². The van der Waals surface area contributed by atoms with E-state index < -0.39 is 11.6 Å². The van der Waals surface area contributed by atoms with Crippen molar-refractivity contribution >= 4 is 34.9 Å². The van der Waals surface area contributed by atoms with Gasteiger partial charge in [0, 0.05) is 28.9 Å². The quantitative estimate of drug-likeness (QED) is 0.195. The molecular formula is C37H60Cl2N2O3. The Labute approximate surface area is 279 Å². The lowest BCUT2D eigenvalue weighted by Crippen LogP contribution is -2.50.